The topological polar surface area (TPSA) is 108 Å². The summed E-state index contributed by atoms with van der Waals surface area (Å²) in [4.78, 5) is 11.5. The second kappa shape index (κ2) is 5.94. The van der Waals surface area contributed by atoms with Gasteiger partial charge in [0.05, 0.1) is 5.56 Å². The Labute approximate surface area is 105 Å². The van der Waals surface area contributed by atoms with Gasteiger partial charge in [-0.2, -0.15) is 4.39 Å². The number of amides is 1. The number of nitrogens with one attached hydrogen (secondary N) is 1. The van der Waals surface area contributed by atoms with Gasteiger partial charge in [-0.25, -0.2) is 8.78 Å². The minimum Gasteiger partial charge on any atom is -0.503 e. The van der Waals surface area contributed by atoms with E-state index >= 15 is 0 Å². The zero-order chi connectivity index (χ0) is 14.6. The fourth-order valence-corrected chi connectivity index (χ4v) is 1.21. The second-order valence-corrected chi connectivity index (χ2v) is 3.48. The molecule has 5 N–H and O–H groups in total. The fourth-order valence-electron chi connectivity index (χ4n) is 1.21. The molecule has 0 saturated carbocycles. The third kappa shape index (κ3) is 3.27. The zero-order valence-corrected chi connectivity index (χ0v) is 9.45. The predicted molar refractivity (Wildman–Crippen MR) is 58.3 cm³/mol. The molecule has 19 heavy (non-hydrogen) atoms. The highest BCUT2D eigenvalue weighted by Crippen LogP contribution is 2.25. The van der Waals surface area contributed by atoms with Crippen LogP contribution < -0.4 is 11.1 Å². The van der Waals surface area contributed by atoms with Crippen molar-refractivity contribution in [1.82, 2.24) is 5.32 Å². The number of carbonyl (C=O) groups excluding carboxylic acids is 1. The number of benzene rings is 1. The Morgan fingerprint density at radius 2 is 2.00 bits per heavy atom. The molecule has 0 bridgehead atoms. The number of amidine groups is 1. The molecule has 0 atom stereocenters. The Bertz CT molecular complexity index is 534. The Balaban J connectivity index is 2.84. The van der Waals surface area contributed by atoms with Gasteiger partial charge < -0.3 is 21.4 Å². The van der Waals surface area contributed by atoms with E-state index in [1.807, 2.05) is 0 Å². The summed E-state index contributed by atoms with van der Waals surface area (Å²) in [5.74, 6) is -7.71. The van der Waals surface area contributed by atoms with Crippen molar-refractivity contribution in [3.8, 4) is 5.75 Å². The minimum absolute atomic E-state index is 0.0283. The summed E-state index contributed by atoms with van der Waals surface area (Å²) in [6.45, 7) is -0.117. The van der Waals surface area contributed by atoms with E-state index in [-0.39, 0.29) is 18.8 Å². The van der Waals surface area contributed by atoms with Crippen LogP contribution >= 0.6 is 0 Å². The van der Waals surface area contributed by atoms with Gasteiger partial charge in [0.25, 0.3) is 5.91 Å². The SMILES string of the molecule is NC(CCNC(=O)c1cc(F)c(F)c(O)c1F)=NO. The average molecular weight is 277 g/mol. The number of rotatable bonds is 4. The lowest BCUT2D eigenvalue weighted by Crippen LogP contribution is -2.28. The molecule has 0 fully saturated rings. The van der Waals surface area contributed by atoms with E-state index in [9.17, 15) is 18.0 Å². The molecule has 9 heteroatoms. The summed E-state index contributed by atoms with van der Waals surface area (Å²) in [5, 5.41) is 21.9. The van der Waals surface area contributed by atoms with Crippen LogP contribution in [0.2, 0.25) is 0 Å². The zero-order valence-electron chi connectivity index (χ0n) is 9.45. The van der Waals surface area contributed by atoms with Crippen molar-refractivity contribution in [3.05, 3.63) is 29.1 Å². The number of oxime groups is 1. The number of phenols is 1. The van der Waals surface area contributed by atoms with Gasteiger partial charge in [0.2, 0.25) is 5.82 Å². The van der Waals surface area contributed by atoms with Gasteiger partial charge in [0, 0.05) is 13.0 Å². The van der Waals surface area contributed by atoms with Crippen LogP contribution in [0, 0.1) is 17.5 Å². The largest absolute Gasteiger partial charge is 0.503 e. The minimum atomic E-state index is -1.77. The van der Waals surface area contributed by atoms with Crippen molar-refractivity contribution in [2.75, 3.05) is 6.54 Å². The maximum atomic E-state index is 13.3. The lowest BCUT2D eigenvalue weighted by atomic mass is 10.1. The van der Waals surface area contributed by atoms with Gasteiger partial charge in [0.15, 0.2) is 17.4 Å². The van der Waals surface area contributed by atoms with Crippen LogP contribution in [0.5, 0.6) is 5.75 Å². The van der Waals surface area contributed by atoms with Crippen LogP contribution in [0.1, 0.15) is 16.8 Å². The molecule has 104 valence electrons. The highest BCUT2D eigenvalue weighted by molar-refractivity contribution is 5.95. The normalized spacial score (nSPS) is 11.4. The molecule has 6 nitrogen and oxygen atoms in total. The number of nitrogens with two attached hydrogens (primary N) is 1. The van der Waals surface area contributed by atoms with E-state index in [4.69, 9.17) is 16.0 Å². The van der Waals surface area contributed by atoms with Crippen LogP contribution in [0.3, 0.4) is 0 Å². The first-order valence-electron chi connectivity index (χ1n) is 4.99. The maximum Gasteiger partial charge on any atom is 0.254 e. The lowest BCUT2D eigenvalue weighted by molar-refractivity contribution is 0.0949. The molecule has 0 spiro atoms. The molecule has 1 aromatic rings. The van der Waals surface area contributed by atoms with Crippen molar-refractivity contribution in [3.63, 3.8) is 0 Å². The molecule has 0 unspecified atom stereocenters. The summed E-state index contributed by atoms with van der Waals surface area (Å²) < 4.78 is 39.1. The van der Waals surface area contributed by atoms with E-state index in [0.29, 0.717) is 6.07 Å². The Morgan fingerprint density at radius 1 is 1.37 bits per heavy atom. The van der Waals surface area contributed by atoms with Gasteiger partial charge in [-0.15, -0.1) is 0 Å². The molecule has 0 radical (unpaired) electrons. The predicted octanol–water partition coefficient (Wildman–Crippen LogP) is 0.676. The Kier molecular flexibility index (Phi) is 4.56. The average Bonchev–Trinajstić information content (AvgIpc) is 2.39. The smallest absolute Gasteiger partial charge is 0.254 e. The summed E-state index contributed by atoms with van der Waals surface area (Å²) >= 11 is 0. The van der Waals surface area contributed by atoms with Crippen molar-refractivity contribution >= 4 is 11.7 Å². The van der Waals surface area contributed by atoms with Gasteiger partial charge in [-0.1, -0.05) is 5.16 Å². The summed E-state index contributed by atoms with van der Waals surface area (Å²) in [5.41, 5.74) is 4.27. The summed E-state index contributed by atoms with van der Waals surface area (Å²) in [6, 6.07) is 0.323. The first-order valence-corrected chi connectivity index (χ1v) is 4.99. The van der Waals surface area contributed by atoms with E-state index in [1.54, 1.807) is 0 Å². The standard InChI is InChI=1S/C10H10F3N3O3/c11-5-3-4(7(12)9(17)8(5)13)10(18)15-2-1-6(14)16-19/h3,17,19H,1-2H2,(H2,14,16)(H,15,18). The molecule has 1 rings (SSSR count). The number of phenolic OH excluding ortho intramolecular Hbond substituents is 1. The molecule has 0 aliphatic rings. The Hall–Kier alpha value is -2.45. The molecular weight excluding hydrogens is 267 g/mol. The molecule has 1 amide bonds. The summed E-state index contributed by atoms with van der Waals surface area (Å²) in [7, 11) is 0. The quantitative estimate of drug-likeness (QED) is 0.213. The van der Waals surface area contributed by atoms with Gasteiger partial charge in [0.1, 0.15) is 5.84 Å². The first-order chi connectivity index (χ1) is 8.88. The monoisotopic (exact) mass is 277 g/mol. The van der Waals surface area contributed by atoms with Crippen molar-refractivity contribution < 1.29 is 28.3 Å². The van der Waals surface area contributed by atoms with Gasteiger partial charge in [-0.05, 0) is 6.07 Å². The third-order valence-corrected chi connectivity index (χ3v) is 2.17. The second-order valence-electron chi connectivity index (χ2n) is 3.48. The Morgan fingerprint density at radius 3 is 2.58 bits per heavy atom. The number of hydrogen-bond acceptors (Lipinski definition) is 4. The number of nitrogens with zero attached hydrogens (tertiary/aromatic N) is 1. The number of hydrogen-bond donors (Lipinski definition) is 4. The van der Waals surface area contributed by atoms with E-state index in [1.165, 1.54) is 0 Å². The van der Waals surface area contributed by atoms with Gasteiger partial charge in [-0.3, -0.25) is 4.79 Å². The van der Waals surface area contributed by atoms with Crippen molar-refractivity contribution in [1.29, 1.82) is 0 Å². The van der Waals surface area contributed by atoms with E-state index in [2.05, 4.69) is 10.5 Å². The van der Waals surface area contributed by atoms with Crippen molar-refractivity contribution in [2.24, 2.45) is 10.9 Å². The van der Waals surface area contributed by atoms with E-state index in [0.717, 1.165) is 0 Å². The number of halogens is 3. The molecule has 0 saturated heterocycles. The van der Waals surface area contributed by atoms with E-state index < -0.39 is 34.7 Å². The highest BCUT2D eigenvalue weighted by Gasteiger charge is 2.22. The van der Waals surface area contributed by atoms with Gasteiger partial charge >= 0.3 is 0 Å². The molecule has 0 aromatic heterocycles. The lowest BCUT2D eigenvalue weighted by Gasteiger charge is -2.07. The fraction of sp³-hybridized carbons (Fsp3) is 0.200. The molecule has 0 aliphatic carbocycles. The van der Waals surface area contributed by atoms with Crippen LogP contribution in [-0.4, -0.2) is 28.6 Å². The van der Waals surface area contributed by atoms with Crippen LogP contribution in [0.25, 0.3) is 0 Å². The van der Waals surface area contributed by atoms with Crippen LogP contribution in [-0.2, 0) is 0 Å². The van der Waals surface area contributed by atoms with Crippen LogP contribution in [0.15, 0.2) is 11.2 Å². The number of aromatic hydroxyl groups is 1. The van der Waals surface area contributed by atoms with Crippen molar-refractivity contribution in [2.45, 2.75) is 6.42 Å². The van der Waals surface area contributed by atoms with Crippen LogP contribution in [0.4, 0.5) is 13.2 Å². The maximum absolute atomic E-state index is 13.3. The summed E-state index contributed by atoms with van der Waals surface area (Å²) in [6.07, 6.45) is -0.0283. The first kappa shape index (κ1) is 14.6. The highest BCUT2D eigenvalue weighted by atomic mass is 19.2. The molecular formula is C10H10F3N3O3. The molecule has 0 aliphatic heterocycles. The third-order valence-electron chi connectivity index (χ3n) is 2.17. The molecule has 0 heterocycles. The molecule has 1 aromatic carbocycles. The number of carbonyl (C=O) groups is 1.